The molecule has 98 valence electrons. The summed E-state index contributed by atoms with van der Waals surface area (Å²) in [6.07, 6.45) is 0. The Morgan fingerprint density at radius 2 is 2.26 bits per heavy atom. The lowest BCUT2D eigenvalue weighted by Crippen LogP contribution is -2.12. The summed E-state index contributed by atoms with van der Waals surface area (Å²) in [6.45, 7) is 2.06. The standard InChI is InChI=1S/C12H12BrN5S/c1-8-16-10(15-6-5-14)7-11(17-8)18(2)12-4-3-9(13)19-12/h3-4,7H,6H2,1-2H3,(H,15,16,17). The third-order valence-electron chi connectivity index (χ3n) is 2.41. The molecule has 0 bridgehead atoms. The van der Waals surface area contributed by atoms with Crippen LogP contribution in [0, 0.1) is 18.3 Å². The van der Waals surface area contributed by atoms with Gasteiger partial charge < -0.3 is 10.2 Å². The Balaban J connectivity index is 2.28. The maximum atomic E-state index is 8.59. The van der Waals surface area contributed by atoms with Crippen molar-refractivity contribution in [1.29, 1.82) is 5.26 Å². The molecule has 7 heteroatoms. The molecular weight excluding hydrogens is 326 g/mol. The topological polar surface area (TPSA) is 64.8 Å². The molecule has 2 rings (SSSR count). The highest BCUT2D eigenvalue weighted by Gasteiger charge is 2.10. The van der Waals surface area contributed by atoms with Gasteiger partial charge in [0.25, 0.3) is 0 Å². The maximum absolute atomic E-state index is 8.59. The highest BCUT2D eigenvalue weighted by Crippen LogP contribution is 2.33. The predicted octanol–water partition coefficient (Wildman–Crippen LogP) is 3.31. The summed E-state index contributed by atoms with van der Waals surface area (Å²) in [5.41, 5.74) is 0. The van der Waals surface area contributed by atoms with E-state index in [2.05, 4.69) is 31.2 Å². The van der Waals surface area contributed by atoms with Gasteiger partial charge in [-0.25, -0.2) is 9.97 Å². The normalized spacial score (nSPS) is 10.0. The van der Waals surface area contributed by atoms with E-state index in [1.165, 1.54) is 0 Å². The minimum atomic E-state index is 0.226. The molecular formula is C12H12BrN5S. The van der Waals surface area contributed by atoms with Crippen LogP contribution in [0.15, 0.2) is 22.0 Å². The van der Waals surface area contributed by atoms with Crippen molar-refractivity contribution in [3.63, 3.8) is 0 Å². The lowest BCUT2D eigenvalue weighted by Gasteiger charge is -2.17. The van der Waals surface area contributed by atoms with Crippen molar-refractivity contribution in [1.82, 2.24) is 9.97 Å². The molecule has 0 unspecified atom stereocenters. The Morgan fingerprint density at radius 3 is 2.89 bits per heavy atom. The van der Waals surface area contributed by atoms with Crippen LogP contribution in [-0.4, -0.2) is 23.6 Å². The van der Waals surface area contributed by atoms with Crippen molar-refractivity contribution in [3.8, 4) is 6.07 Å². The molecule has 0 amide bonds. The number of nitriles is 1. The van der Waals surface area contributed by atoms with E-state index in [-0.39, 0.29) is 6.54 Å². The van der Waals surface area contributed by atoms with Gasteiger partial charge in [-0.05, 0) is 35.0 Å². The smallest absolute Gasteiger partial charge is 0.139 e. The summed E-state index contributed by atoms with van der Waals surface area (Å²) >= 11 is 5.08. The fourth-order valence-corrected chi connectivity index (χ4v) is 2.87. The second-order valence-corrected chi connectivity index (χ2v) is 6.25. The molecule has 19 heavy (non-hydrogen) atoms. The van der Waals surface area contributed by atoms with Crippen LogP contribution in [0.5, 0.6) is 0 Å². The molecule has 0 saturated carbocycles. The highest BCUT2D eigenvalue weighted by atomic mass is 79.9. The zero-order valence-corrected chi connectivity index (χ0v) is 12.9. The number of hydrogen-bond acceptors (Lipinski definition) is 6. The average Bonchev–Trinajstić information content (AvgIpc) is 2.81. The SMILES string of the molecule is Cc1nc(NCC#N)cc(N(C)c2ccc(Br)s2)n1. The zero-order valence-electron chi connectivity index (χ0n) is 10.5. The number of aromatic nitrogens is 2. The van der Waals surface area contributed by atoms with Crippen LogP contribution in [-0.2, 0) is 0 Å². The van der Waals surface area contributed by atoms with Gasteiger partial charge in [0.05, 0.1) is 14.9 Å². The summed E-state index contributed by atoms with van der Waals surface area (Å²) in [4.78, 5) is 10.6. The van der Waals surface area contributed by atoms with Gasteiger partial charge in [-0.1, -0.05) is 0 Å². The van der Waals surface area contributed by atoms with E-state index in [4.69, 9.17) is 5.26 Å². The molecule has 0 spiro atoms. The molecule has 2 heterocycles. The molecule has 0 aliphatic carbocycles. The zero-order chi connectivity index (χ0) is 13.8. The van der Waals surface area contributed by atoms with Gasteiger partial charge in [0.2, 0.25) is 0 Å². The molecule has 0 fully saturated rings. The van der Waals surface area contributed by atoms with Crippen molar-refractivity contribution in [2.75, 3.05) is 23.8 Å². The third-order valence-corrected chi connectivity index (χ3v) is 4.11. The van der Waals surface area contributed by atoms with E-state index in [0.29, 0.717) is 11.6 Å². The first kappa shape index (κ1) is 13.8. The number of rotatable bonds is 4. The van der Waals surface area contributed by atoms with Gasteiger partial charge >= 0.3 is 0 Å². The number of anilines is 3. The Bertz CT molecular complexity index is 619. The minimum absolute atomic E-state index is 0.226. The summed E-state index contributed by atoms with van der Waals surface area (Å²) < 4.78 is 1.07. The van der Waals surface area contributed by atoms with Crippen LogP contribution >= 0.6 is 27.3 Å². The summed E-state index contributed by atoms with van der Waals surface area (Å²) in [6, 6.07) is 7.88. The molecule has 0 atom stereocenters. The third kappa shape index (κ3) is 3.43. The average molecular weight is 338 g/mol. The number of thiophene rings is 1. The van der Waals surface area contributed by atoms with E-state index in [1.54, 1.807) is 11.3 Å². The van der Waals surface area contributed by atoms with E-state index < -0.39 is 0 Å². The van der Waals surface area contributed by atoms with E-state index >= 15 is 0 Å². The van der Waals surface area contributed by atoms with Crippen LogP contribution in [0.1, 0.15) is 5.82 Å². The first-order valence-corrected chi connectivity index (χ1v) is 7.16. The monoisotopic (exact) mass is 337 g/mol. The van der Waals surface area contributed by atoms with Gasteiger partial charge in [-0.2, -0.15) is 5.26 Å². The fraction of sp³-hybridized carbons (Fsp3) is 0.250. The first-order chi connectivity index (χ1) is 9.10. The molecule has 0 aliphatic rings. The van der Waals surface area contributed by atoms with E-state index in [1.807, 2.05) is 43.1 Å². The molecule has 5 nitrogen and oxygen atoms in total. The molecule has 2 aromatic heterocycles. The van der Waals surface area contributed by atoms with Crippen LogP contribution in [0.4, 0.5) is 16.6 Å². The number of nitrogens with zero attached hydrogens (tertiary/aromatic N) is 4. The van der Waals surface area contributed by atoms with Gasteiger partial charge in [0.15, 0.2) is 0 Å². The highest BCUT2D eigenvalue weighted by molar-refractivity contribution is 9.11. The van der Waals surface area contributed by atoms with Crippen molar-refractivity contribution in [2.24, 2.45) is 0 Å². The molecule has 0 saturated heterocycles. The summed E-state index contributed by atoms with van der Waals surface area (Å²) in [5.74, 6) is 2.12. The Labute approximate surface area is 124 Å². The van der Waals surface area contributed by atoms with Crippen LogP contribution in [0.2, 0.25) is 0 Å². The van der Waals surface area contributed by atoms with Gasteiger partial charge in [-0.15, -0.1) is 11.3 Å². The number of halogens is 1. The molecule has 0 aliphatic heterocycles. The maximum Gasteiger partial charge on any atom is 0.139 e. The number of nitrogens with one attached hydrogen (secondary N) is 1. The molecule has 0 radical (unpaired) electrons. The second-order valence-electron chi connectivity index (χ2n) is 3.81. The van der Waals surface area contributed by atoms with Crippen molar-refractivity contribution in [2.45, 2.75) is 6.92 Å². The predicted molar refractivity (Wildman–Crippen MR) is 81.0 cm³/mol. The minimum Gasteiger partial charge on any atom is -0.357 e. The quantitative estimate of drug-likeness (QED) is 0.867. The van der Waals surface area contributed by atoms with Crippen molar-refractivity contribution in [3.05, 3.63) is 27.8 Å². The van der Waals surface area contributed by atoms with Gasteiger partial charge in [-0.3, -0.25) is 0 Å². The number of aryl methyl sites for hydroxylation is 1. The van der Waals surface area contributed by atoms with E-state index in [0.717, 1.165) is 14.6 Å². The lowest BCUT2D eigenvalue weighted by molar-refractivity contribution is 1.01. The van der Waals surface area contributed by atoms with Crippen molar-refractivity contribution < 1.29 is 0 Å². The lowest BCUT2D eigenvalue weighted by atomic mass is 10.4. The molecule has 0 aromatic carbocycles. The van der Waals surface area contributed by atoms with Crippen molar-refractivity contribution >= 4 is 43.9 Å². The Hall–Kier alpha value is -1.65. The summed E-state index contributed by atoms with van der Waals surface area (Å²) in [5, 5.41) is 12.6. The van der Waals surface area contributed by atoms with Crippen LogP contribution < -0.4 is 10.2 Å². The summed E-state index contributed by atoms with van der Waals surface area (Å²) in [7, 11) is 1.95. The van der Waals surface area contributed by atoms with Gasteiger partial charge in [0.1, 0.15) is 24.0 Å². The second kappa shape index (κ2) is 5.99. The molecule has 2 aromatic rings. The molecule has 1 N–H and O–H groups in total. The van der Waals surface area contributed by atoms with Crippen LogP contribution in [0.3, 0.4) is 0 Å². The Kier molecular flexibility index (Phi) is 4.35. The Morgan fingerprint density at radius 1 is 1.47 bits per heavy atom. The fourth-order valence-electron chi connectivity index (χ4n) is 1.54. The largest absolute Gasteiger partial charge is 0.357 e. The number of hydrogen-bond donors (Lipinski definition) is 1. The van der Waals surface area contributed by atoms with Crippen LogP contribution in [0.25, 0.3) is 0 Å². The van der Waals surface area contributed by atoms with E-state index in [9.17, 15) is 0 Å². The van der Waals surface area contributed by atoms with Gasteiger partial charge in [0, 0.05) is 13.1 Å². The first-order valence-electron chi connectivity index (χ1n) is 5.55.